The second-order valence-electron chi connectivity index (χ2n) is 6.08. The second kappa shape index (κ2) is 7.32. The van der Waals surface area contributed by atoms with Crippen LogP contribution in [0.3, 0.4) is 0 Å². The Bertz CT molecular complexity index is 1180. The minimum absolute atomic E-state index is 0.0105. The van der Waals surface area contributed by atoms with Gasteiger partial charge in [-0.15, -0.1) is 0 Å². The van der Waals surface area contributed by atoms with Gasteiger partial charge >= 0.3 is 0 Å². The highest BCUT2D eigenvalue weighted by atomic mass is 16.6. The summed E-state index contributed by atoms with van der Waals surface area (Å²) in [5, 5.41) is 15.1. The Kier molecular flexibility index (Phi) is 4.55. The van der Waals surface area contributed by atoms with E-state index in [-0.39, 0.29) is 5.69 Å². The molecule has 0 spiro atoms. The van der Waals surface area contributed by atoms with Gasteiger partial charge in [0.1, 0.15) is 11.6 Å². The zero-order valence-corrected chi connectivity index (χ0v) is 15.0. The van der Waals surface area contributed by atoms with Crippen LogP contribution in [0.5, 0.6) is 5.75 Å². The fourth-order valence-corrected chi connectivity index (χ4v) is 2.90. The summed E-state index contributed by atoms with van der Waals surface area (Å²) < 4.78 is 5.29. The van der Waals surface area contributed by atoms with Crippen LogP contribution in [-0.2, 0) is 0 Å². The van der Waals surface area contributed by atoms with E-state index in [9.17, 15) is 10.1 Å². The molecule has 7 heteroatoms. The van der Waals surface area contributed by atoms with Crippen LogP contribution in [0.15, 0.2) is 72.8 Å². The third kappa shape index (κ3) is 3.45. The van der Waals surface area contributed by atoms with Gasteiger partial charge in [0.05, 0.1) is 17.5 Å². The monoisotopic (exact) mass is 372 g/mol. The minimum Gasteiger partial charge on any atom is -0.497 e. The topological polar surface area (TPSA) is 90.2 Å². The smallest absolute Gasteiger partial charge is 0.271 e. The Labute approximate surface area is 160 Å². The molecule has 138 valence electrons. The molecule has 1 heterocycles. The summed E-state index contributed by atoms with van der Waals surface area (Å²) in [4.78, 5) is 20.0. The molecule has 0 saturated carbocycles. The summed E-state index contributed by atoms with van der Waals surface area (Å²) in [5.74, 6) is 1.82. The molecule has 0 saturated heterocycles. The van der Waals surface area contributed by atoms with Crippen molar-refractivity contribution < 1.29 is 9.66 Å². The largest absolute Gasteiger partial charge is 0.497 e. The lowest BCUT2D eigenvalue weighted by Crippen LogP contribution is -2.00. The molecule has 28 heavy (non-hydrogen) atoms. The van der Waals surface area contributed by atoms with Crippen LogP contribution in [0.4, 0.5) is 17.2 Å². The number of aromatic nitrogens is 2. The molecule has 4 aromatic rings. The maximum absolute atomic E-state index is 11.1. The maximum atomic E-state index is 11.1. The van der Waals surface area contributed by atoms with Crippen LogP contribution in [0.25, 0.3) is 22.3 Å². The van der Waals surface area contributed by atoms with Gasteiger partial charge in [-0.2, -0.15) is 0 Å². The molecule has 3 aromatic carbocycles. The third-order valence-electron chi connectivity index (χ3n) is 4.25. The zero-order valence-electron chi connectivity index (χ0n) is 15.0. The molecule has 0 fully saturated rings. The van der Waals surface area contributed by atoms with Gasteiger partial charge < -0.3 is 10.1 Å². The lowest BCUT2D eigenvalue weighted by molar-refractivity contribution is -0.384. The SMILES string of the molecule is COc1cccc(-c2nc(Nc3cccc([N+](=O)[O-])c3)c3ccccc3n2)c1. The first-order valence-electron chi connectivity index (χ1n) is 8.57. The van der Waals surface area contributed by atoms with E-state index in [1.165, 1.54) is 12.1 Å². The number of rotatable bonds is 5. The van der Waals surface area contributed by atoms with Crippen LogP contribution in [0.1, 0.15) is 0 Å². The van der Waals surface area contributed by atoms with Gasteiger partial charge in [-0.05, 0) is 30.3 Å². The highest BCUT2D eigenvalue weighted by Crippen LogP contribution is 2.29. The van der Waals surface area contributed by atoms with Crippen molar-refractivity contribution in [3.63, 3.8) is 0 Å². The van der Waals surface area contributed by atoms with Gasteiger partial charge in [0.2, 0.25) is 0 Å². The van der Waals surface area contributed by atoms with E-state index in [2.05, 4.69) is 15.3 Å². The number of non-ortho nitro benzene ring substituents is 1. The van der Waals surface area contributed by atoms with Crippen molar-refractivity contribution in [3.05, 3.63) is 82.9 Å². The molecule has 0 unspecified atom stereocenters. The number of ether oxygens (including phenoxy) is 1. The van der Waals surface area contributed by atoms with Gasteiger partial charge in [0, 0.05) is 28.8 Å². The van der Waals surface area contributed by atoms with Gasteiger partial charge in [-0.25, -0.2) is 9.97 Å². The van der Waals surface area contributed by atoms with Crippen molar-refractivity contribution in [1.82, 2.24) is 9.97 Å². The van der Waals surface area contributed by atoms with Crippen LogP contribution in [0.2, 0.25) is 0 Å². The first-order chi connectivity index (χ1) is 13.6. The van der Waals surface area contributed by atoms with E-state index in [1.807, 2.05) is 48.5 Å². The Morgan fingerprint density at radius 1 is 0.964 bits per heavy atom. The highest BCUT2D eigenvalue weighted by molar-refractivity contribution is 5.92. The minimum atomic E-state index is -0.426. The molecular formula is C21H16N4O3. The first-order valence-corrected chi connectivity index (χ1v) is 8.57. The van der Waals surface area contributed by atoms with Gasteiger partial charge in [0.15, 0.2) is 5.82 Å². The summed E-state index contributed by atoms with van der Waals surface area (Å²) in [7, 11) is 1.61. The van der Waals surface area contributed by atoms with E-state index in [0.29, 0.717) is 23.1 Å². The van der Waals surface area contributed by atoms with Crippen LogP contribution < -0.4 is 10.1 Å². The van der Waals surface area contributed by atoms with Crippen molar-refractivity contribution in [2.75, 3.05) is 12.4 Å². The zero-order chi connectivity index (χ0) is 19.5. The van der Waals surface area contributed by atoms with Crippen molar-refractivity contribution >= 4 is 28.1 Å². The highest BCUT2D eigenvalue weighted by Gasteiger charge is 2.12. The Hall–Kier alpha value is -4.00. The van der Waals surface area contributed by atoms with E-state index in [4.69, 9.17) is 4.74 Å². The summed E-state index contributed by atoms with van der Waals surface area (Å²) in [6.45, 7) is 0. The number of nitro benzene ring substituents is 1. The van der Waals surface area contributed by atoms with Gasteiger partial charge in [0.25, 0.3) is 5.69 Å². The van der Waals surface area contributed by atoms with Crippen LogP contribution in [-0.4, -0.2) is 22.0 Å². The number of hydrogen-bond acceptors (Lipinski definition) is 6. The molecule has 1 N–H and O–H groups in total. The molecule has 0 aliphatic carbocycles. The normalized spacial score (nSPS) is 10.6. The van der Waals surface area contributed by atoms with E-state index in [0.717, 1.165) is 16.5 Å². The number of hydrogen-bond donors (Lipinski definition) is 1. The van der Waals surface area contributed by atoms with Gasteiger partial charge in [-0.3, -0.25) is 10.1 Å². The summed E-state index contributed by atoms with van der Waals surface area (Å²) in [5.41, 5.74) is 2.17. The maximum Gasteiger partial charge on any atom is 0.271 e. The predicted molar refractivity (Wildman–Crippen MR) is 108 cm³/mol. The van der Waals surface area contributed by atoms with Crippen molar-refractivity contribution in [2.45, 2.75) is 0 Å². The number of fused-ring (bicyclic) bond motifs is 1. The molecule has 0 aliphatic rings. The second-order valence-corrected chi connectivity index (χ2v) is 6.08. The van der Waals surface area contributed by atoms with Crippen molar-refractivity contribution in [1.29, 1.82) is 0 Å². The molecule has 0 radical (unpaired) electrons. The molecule has 1 aromatic heterocycles. The number of para-hydroxylation sites is 1. The van der Waals surface area contributed by atoms with Crippen molar-refractivity contribution in [2.24, 2.45) is 0 Å². The molecule has 0 bridgehead atoms. The number of benzene rings is 3. The molecule has 7 nitrogen and oxygen atoms in total. The fraction of sp³-hybridized carbons (Fsp3) is 0.0476. The number of nitro groups is 1. The fourth-order valence-electron chi connectivity index (χ4n) is 2.90. The Morgan fingerprint density at radius 2 is 1.79 bits per heavy atom. The number of nitrogens with zero attached hydrogens (tertiary/aromatic N) is 3. The third-order valence-corrected chi connectivity index (χ3v) is 4.25. The predicted octanol–water partition coefficient (Wildman–Crippen LogP) is 4.96. The number of methoxy groups -OCH3 is 1. The molecule has 0 aliphatic heterocycles. The molecule has 0 amide bonds. The molecule has 0 atom stereocenters. The molecule has 4 rings (SSSR count). The van der Waals surface area contributed by atoms with Crippen LogP contribution in [0, 0.1) is 10.1 Å². The van der Waals surface area contributed by atoms with Crippen LogP contribution >= 0.6 is 0 Å². The van der Waals surface area contributed by atoms with E-state index in [1.54, 1.807) is 19.2 Å². The molecular weight excluding hydrogens is 356 g/mol. The lowest BCUT2D eigenvalue weighted by atomic mass is 10.1. The Morgan fingerprint density at radius 3 is 2.61 bits per heavy atom. The van der Waals surface area contributed by atoms with E-state index >= 15 is 0 Å². The van der Waals surface area contributed by atoms with Gasteiger partial charge in [-0.1, -0.05) is 30.3 Å². The summed E-state index contributed by atoms with van der Waals surface area (Å²) in [6.07, 6.45) is 0. The standard InChI is InChI=1S/C21H16N4O3/c1-28-17-9-4-6-14(12-17)20-23-19-11-3-2-10-18(19)21(24-20)22-15-7-5-8-16(13-15)25(26)27/h2-13H,1H3,(H,22,23,24). The Balaban J connectivity index is 1.83. The first kappa shape index (κ1) is 17.4. The summed E-state index contributed by atoms with van der Waals surface area (Å²) >= 11 is 0. The number of nitrogens with one attached hydrogen (secondary N) is 1. The average Bonchev–Trinajstić information content (AvgIpc) is 2.74. The average molecular weight is 372 g/mol. The lowest BCUT2D eigenvalue weighted by Gasteiger charge is -2.11. The summed E-state index contributed by atoms with van der Waals surface area (Å²) in [6, 6.07) is 21.4. The van der Waals surface area contributed by atoms with E-state index < -0.39 is 4.92 Å². The van der Waals surface area contributed by atoms with Crippen molar-refractivity contribution in [3.8, 4) is 17.1 Å². The number of anilines is 2. The quantitative estimate of drug-likeness (QED) is 0.393.